The molecular formula is C30H35BrN6O7. The smallest absolute Gasteiger partial charge is 0.420 e. The van der Waals surface area contributed by atoms with Crippen LogP contribution in [0.2, 0.25) is 0 Å². The fraction of sp³-hybridized carbons (Fsp3) is 0.400. The number of imide groups is 1. The van der Waals surface area contributed by atoms with E-state index in [-0.39, 0.29) is 12.1 Å². The first-order valence-electron chi connectivity index (χ1n) is 13.7. The van der Waals surface area contributed by atoms with Crippen LogP contribution in [-0.4, -0.2) is 78.7 Å². The summed E-state index contributed by atoms with van der Waals surface area (Å²) in [5.41, 5.74) is -0.206. The summed E-state index contributed by atoms with van der Waals surface area (Å²) in [5, 5.41) is 9.97. The Bertz CT molecular complexity index is 1680. The third-order valence-corrected chi connectivity index (χ3v) is 7.00. The zero-order valence-electron chi connectivity index (χ0n) is 25.8. The van der Waals surface area contributed by atoms with E-state index >= 15 is 0 Å². The second-order valence-electron chi connectivity index (χ2n) is 11.3. The van der Waals surface area contributed by atoms with Gasteiger partial charge in [0.25, 0.3) is 0 Å². The largest absolute Gasteiger partial charge is 0.494 e. The number of aromatic nitrogens is 5. The number of rotatable bonds is 9. The third kappa shape index (κ3) is 6.69. The molecule has 0 fully saturated rings. The Kier molecular flexibility index (Phi) is 9.33. The Hall–Kier alpha value is -4.46. The van der Waals surface area contributed by atoms with Crippen molar-refractivity contribution in [3.8, 4) is 34.6 Å². The molecule has 0 atom stereocenters. The average Bonchev–Trinajstić information content (AvgIpc) is 3.29. The average molecular weight is 672 g/mol. The van der Waals surface area contributed by atoms with Crippen molar-refractivity contribution in [1.82, 2.24) is 29.4 Å². The molecule has 0 unspecified atom stereocenters. The summed E-state index contributed by atoms with van der Waals surface area (Å²) in [6.07, 6.45) is -2.44. The monoisotopic (exact) mass is 670 g/mol. The predicted molar refractivity (Wildman–Crippen MR) is 166 cm³/mol. The Balaban J connectivity index is 1.93. The number of amides is 2. The van der Waals surface area contributed by atoms with Crippen molar-refractivity contribution in [1.29, 1.82) is 0 Å². The van der Waals surface area contributed by atoms with Crippen LogP contribution in [0.3, 0.4) is 0 Å². The van der Waals surface area contributed by atoms with Crippen molar-refractivity contribution in [2.75, 3.05) is 20.8 Å². The predicted octanol–water partition coefficient (Wildman–Crippen LogP) is 6.29. The van der Waals surface area contributed by atoms with Crippen molar-refractivity contribution in [3.05, 3.63) is 46.7 Å². The van der Waals surface area contributed by atoms with Crippen molar-refractivity contribution in [2.45, 2.75) is 59.1 Å². The molecule has 4 aromatic rings. The molecule has 1 N–H and O–H groups in total. The zero-order chi connectivity index (χ0) is 32.4. The van der Waals surface area contributed by atoms with Gasteiger partial charge in [-0.2, -0.15) is 0 Å². The first-order chi connectivity index (χ1) is 20.7. The number of hydrogen-bond acceptors (Lipinski definition) is 10. The number of halogens is 1. The minimum Gasteiger partial charge on any atom is -0.494 e. The second kappa shape index (κ2) is 12.6. The molecule has 14 heteroatoms. The standard InChI is InChI=1S/C30H35BrN6O7/c1-9-43-21-15-10-12-17(32-21)25-35-24-26(36(25)22-19(41-7)13-11-14-20(22)42-8)34-23(31)18(33-24)16-30(5,6)37(27(38)39)28(40)44-29(2,3)4/h10-15H,9,16H2,1-8H3,(H,38,39). The number of hydrogen-bond donors (Lipinski definition) is 1. The number of nitrogens with zero attached hydrogens (tertiary/aromatic N) is 6. The molecule has 0 saturated carbocycles. The van der Waals surface area contributed by atoms with Crippen LogP contribution in [0.4, 0.5) is 9.59 Å². The summed E-state index contributed by atoms with van der Waals surface area (Å²) in [6, 6.07) is 10.7. The number of pyridine rings is 1. The summed E-state index contributed by atoms with van der Waals surface area (Å²) in [4.78, 5) is 44.9. The first kappa shape index (κ1) is 32.5. The Morgan fingerprint density at radius 2 is 1.59 bits per heavy atom. The van der Waals surface area contributed by atoms with Gasteiger partial charge in [-0.25, -0.2) is 34.4 Å². The van der Waals surface area contributed by atoms with E-state index < -0.39 is 23.3 Å². The molecule has 234 valence electrons. The highest BCUT2D eigenvalue weighted by Crippen LogP contribution is 2.38. The van der Waals surface area contributed by atoms with Crippen LogP contribution in [0.25, 0.3) is 28.5 Å². The molecule has 0 aliphatic heterocycles. The van der Waals surface area contributed by atoms with Crippen LogP contribution in [-0.2, 0) is 11.2 Å². The molecule has 44 heavy (non-hydrogen) atoms. The van der Waals surface area contributed by atoms with Crippen LogP contribution >= 0.6 is 15.9 Å². The second-order valence-corrected chi connectivity index (χ2v) is 12.0. The summed E-state index contributed by atoms with van der Waals surface area (Å²) in [6.45, 7) is 10.5. The van der Waals surface area contributed by atoms with Gasteiger partial charge < -0.3 is 24.1 Å². The number of carboxylic acid groups (broad SMARTS) is 1. The normalized spacial score (nSPS) is 11.8. The molecule has 0 spiro atoms. The Morgan fingerprint density at radius 1 is 0.955 bits per heavy atom. The molecule has 3 aromatic heterocycles. The van der Waals surface area contributed by atoms with E-state index in [4.69, 9.17) is 33.9 Å². The lowest BCUT2D eigenvalue weighted by atomic mass is 9.97. The fourth-order valence-corrected chi connectivity index (χ4v) is 5.00. The van der Waals surface area contributed by atoms with Crippen LogP contribution in [0.5, 0.6) is 17.4 Å². The van der Waals surface area contributed by atoms with Crippen LogP contribution < -0.4 is 14.2 Å². The number of fused-ring (bicyclic) bond motifs is 1. The van der Waals surface area contributed by atoms with Crippen LogP contribution in [0.1, 0.15) is 47.2 Å². The molecule has 0 bridgehead atoms. The van der Waals surface area contributed by atoms with E-state index in [0.717, 1.165) is 0 Å². The summed E-state index contributed by atoms with van der Waals surface area (Å²) >= 11 is 3.52. The third-order valence-electron chi connectivity index (χ3n) is 6.36. The van der Waals surface area contributed by atoms with Gasteiger partial charge >= 0.3 is 12.2 Å². The van der Waals surface area contributed by atoms with Gasteiger partial charge in [0.2, 0.25) is 5.88 Å². The van der Waals surface area contributed by atoms with E-state index in [1.54, 1.807) is 89.8 Å². The number of carbonyl (C=O) groups is 2. The summed E-state index contributed by atoms with van der Waals surface area (Å²) < 4.78 is 24.5. The zero-order valence-corrected chi connectivity index (χ0v) is 27.4. The van der Waals surface area contributed by atoms with Gasteiger partial charge in [0, 0.05) is 12.5 Å². The fourth-order valence-electron chi connectivity index (χ4n) is 4.60. The van der Waals surface area contributed by atoms with Gasteiger partial charge in [0.15, 0.2) is 17.1 Å². The van der Waals surface area contributed by atoms with Gasteiger partial charge in [-0.05, 0) is 75.7 Å². The molecule has 13 nitrogen and oxygen atoms in total. The highest BCUT2D eigenvalue weighted by molar-refractivity contribution is 9.10. The topological polar surface area (TPSA) is 151 Å². The Morgan fingerprint density at radius 3 is 2.16 bits per heavy atom. The minimum atomic E-state index is -1.45. The molecule has 0 aliphatic rings. The van der Waals surface area contributed by atoms with Gasteiger partial charge in [-0.1, -0.05) is 12.1 Å². The van der Waals surface area contributed by atoms with Crippen molar-refractivity contribution >= 4 is 39.4 Å². The SMILES string of the molecule is CCOc1cccc(-c2nc3nc(CC(C)(C)N(C(=O)O)C(=O)OC(C)(C)C)c(Br)nc3n2-c2c(OC)cccc2OC)n1. The lowest BCUT2D eigenvalue weighted by Crippen LogP contribution is -2.53. The van der Waals surface area contributed by atoms with Crippen molar-refractivity contribution < 1.29 is 33.6 Å². The molecule has 0 radical (unpaired) electrons. The number of imidazole rings is 1. The van der Waals surface area contributed by atoms with E-state index in [1.807, 2.05) is 6.92 Å². The molecule has 4 rings (SSSR count). The number of para-hydroxylation sites is 1. The maximum absolute atomic E-state index is 12.9. The van der Waals surface area contributed by atoms with Gasteiger partial charge in [-0.3, -0.25) is 4.57 Å². The number of carbonyl (C=O) groups excluding carboxylic acids is 1. The number of benzene rings is 1. The molecule has 0 aliphatic carbocycles. The van der Waals surface area contributed by atoms with Gasteiger partial charge in [0.05, 0.1) is 32.1 Å². The summed E-state index contributed by atoms with van der Waals surface area (Å²) in [7, 11) is 3.09. The van der Waals surface area contributed by atoms with Crippen molar-refractivity contribution in [3.63, 3.8) is 0 Å². The first-order valence-corrected chi connectivity index (χ1v) is 14.5. The van der Waals surface area contributed by atoms with Crippen LogP contribution in [0.15, 0.2) is 41.0 Å². The van der Waals surface area contributed by atoms with E-state index in [2.05, 4.69) is 20.9 Å². The van der Waals surface area contributed by atoms with E-state index in [1.165, 1.54) is 0 Å². The molecule has 1 aromatic carbocycles. The molecule has 0 saturated heterocycles. The minimum absolute atomic E-state index is 0.000311. The molecule has 2 amide bonds. The highest BCUT2D eigenvalue weighted by Gasteiger charge is 2.40. The molecule has 3 heterocycles. The highest BCUT2D eigenvalue weighted by atomic mass is 79.9. The lowest BCUT2D eigenvalue weighted by Gasteiger charge is -2.35. The van der Waals surface area contributed by atoms with Gasteiger partial charge in [-0.15, -0.1) is 0 Å². The van der Waals surface area contributed by atoms with Crippen LogP contribution in [0, 0.1) is 0 Å². The number of methoxy groups -OCH3 is 2. The maximum atomic E-state index is 12.9. The summed E-state index contributed by atoms with van der Waals surface area (Å²) in [5.74, 6) is 1.77. The lowest BCUT2D eigenvalue weighted by molar-refractivity contribution is 0.00781. The van der Waals surface area contributed by atoms with Crippen molar-refractivity contribution in [2.24, 2.45) is 0 Å². The van der Waals surface area contributed by atoms with E-state index in [0.29, 0.717) is 62.0 Å². The quantitative estimate of drug-likeness (QED) is 0.214. The Labute approximate surface area is 263 Å². The van der Waals surface area contributed by atoms with Gasteiger partial charge in [0.1, 0.15) is 33.1 Å². The maximum Gasteiger partial charge on any atom is 0.420 e. The molecular weight excluding hydrogens is 636 g/mol. The van der Waals surface area contributed by atoms with E-state index in [9.17, 15) is 14.7 Å². The number of ether oxygens (including phenoxy) is 4.